The highest BCUT2D eigenvalue weighted by molar-refractivity contribution is 4.38. The molecular weight excluding hydrogens is 168 g/mol. The van der Waals surface area contributed by atoms with Crippen LogP contribution in [0.1, 0.15) is 19.8 Å². The van der Waals surface area contributed by atoms with Crippen LogP contribution in [0.15, 0.2) is 0 Å². The van der Waals surface area contributed by atoms with Crippen molar-refractivity contribution >= 4 is 0 Å². The van der Waals surface area contributed by atoms with Crippen LogP contribution in [0.4, 0.5) is 0 Å². The standard InChI is InChI=1S/C10H21O3/c1-3-11-7-5-6-8-13-10-9-12-4-2/h2-10H2,1H3. The van der Waals surface area contributed by atoms with E-state index >= 15 is 0 Å². The van der Waals surface area contributed by atoms with E-state index in [1.165, 1.54) is 0 Å². The molecule has 0 spiro atoms. The molecule has 0 aromatic carbocycles. The molecule has 1 radical (unpaired) electrons. The third-order valence-corrected chi connectivity index (χ3v) is 1.55. The molecule has 0 saturated heterocycles. The monoisotopic (exact) mass is 189 g/mol. The molecule has 0 aromatic heterocycles. The molecule has 0 heterocycles. The average Bonchev–Trinajstić information content (AvgIpc) is 2.16. The summed E-state index contributed by atoms with van der Waals surface area (Å²) in [6, 6.07) is 0. The maximum absolute atomic E-state index is 5.31. The van der Waals surface area contributed by atoms with E-state index < -0.39 is 0 Å². The van der Waals surface area contributed by atoms with Crippen LogP contribution in [0.5, 0.6) is 0 Å². The Kier molecular flexibility index (Phi) is 11.8. The van der Waals surface area contributed by atoms with Crippen LogP contribution in [0, 0.1) is 6.92 Å². The average molecular weight is 189 g/mol. The second-order valence-electron chi connectivity index (χ2n) is 2.63. The highest BCUT2D eigenvalue weighted by atomic mass is 16.5. The topological polar surface area (TPSA) is 27.7 Å². The van der Waals surface area contributed by atoms with Crippen molar-refractivity contribution in [2.75, 3.05) is 39.6 Å². The smallest absolute Gasteiger partial charge is 0.0700 e. The van der Waals surface area contributed by atoms with Gasteiger partial charge in [-0.25, -0.2) is 0 Å². The van der Waals surface area contributed by atoms with Gasteiger partial charge in [-0.1, -0.05) is 0 Å². The molecule has 3 heteroatoms. The van der Waals surface area contributed by atoms with E-state index in [-0.39, 0.29) is 0 Å². The Bertz CT molecular complexity index is 76.2. The lowest BCUT2D eigenvalue weighted by molar-refractivity contribution is 0.0526. The van der Waals surface area contributed by atoms with Crippen LogP contribution in [-0.4, -0.2) is 39.6 Å². The number of ether oxygens (including phenoxy) is 3. The second kappa shape index (κ2) is 11.9. The van der Waals surface area contributed by atoms with Crippen molar-refractivity contribution in [1.29, 1.82) is 0 Å². The molecule has 0 aliphatic carbocycles. The minimum absolute atomic E-state index is 0.522. The Labute approximate surface area is 81.4 Å². The Morgan fingerprint density at radius 2 is 1.46 bits per heavy atom. The molecular formula is C10H21O3. The van der Waals surface area contributed by atoms with E-state index in [2.05, 4.69) is 6.92 Å². The molecule has 0 fully saturated rings. The lowest BCUT2D eigenvalue weighted by Gasteiger charge is -2.04. The Morgan fingerprint density at radius 1 is 0.846 bits per heavy atom. The molecule has 0 bridgehead atoms. The van der Waals surface area contributed by atoms with Crippen LogP contribution >= 0.6 is 0 Å². The van der Waals surface area contributed by atoms with Gasteiger partial charge >= 0.3 is 0 Å². The predicted molar refractivity (Wildman–Crippen MR) is 52.7 cm³/mol. The van der Waals surface area contributed by atoms with Crippen LogP contribution < -0.4 is 0 Å². The van der Waals surface area contributed by atoms with E-state index in [0.717, 1.165) is 32.7 Å². The fraction of sp³-hybridized carbons (Fsp3) is 0.900. The zero-order valence-corrected chi connectivity index (χ0v) is 8.59. The summed E-state index contributed by atoms with van der Waals surface area (Å²) >= 11 is 0. The predicted octanol–water partition coefficient (Wildman–Crippen LogP) is 1.67. The van der Waals surface area contributed by atoms with Crippen LogP contribution in [0.3, 0.4) is 0 Å². The summed E-state index contributed by atoms with van der Waals surface area (Å²) in [6.07, 6.45) is 2.13. The Morgan fingerprint density at radius 3 is 2.08 bits per heavy atom. The van der Waals surface area contributed by atoms with Crippen LogP contribution in [0.25, 0.3) is 0 Å². The number of unbranched alkanes of at least 4 members (excludes halogenated alkanes) is 1. The first-order valence-corrected chi connectivity index (χ1v) is 4.94. The molecule has 3 nitrogen and oxygen atoms in total. The van der Waals surface area contributed by atoms with Gasteiger partial charge in [-0.15, -0.1) is 0 Å². The maximum Gasteiger partial charge on any atom is 0.0700 e. The highest BCUT2D eigenvalue weighted by Crippen LogP contribution is 1.91. The molecule has 0 rings (SSSR count). The molecule has 0 saturated carbocycles. The summed E-state index contributed by atoms with van der Waals surface area (Å²) in [5, 5.41) is 0. The van der Waals surface area contributed by atoms with Crippen LogP contribution in [-0.2, 0) is 14.2 Å². The summed E-state index contributed by atoms with van der Waals surface area (Å²) in [6.45, 7) is 9.85. The largest absolute Gasteiger partial charge is 0.382 e. The van der Waals surface area contributed by atoms with E-state index in [4.69, 9.17) is 14.2 Å². The van der Waals surface area contributed by atoms with Crippen molar-refractivity contribution in [2.45, 2.75) is 19.8 Å². The van der Waals surface area contributed by atoms with Crippen molar-refractivity contribution in [3.05, 3.63) is 6.92 Å². The maximum atomic E-state index is 5.31. The van der Waals surface area contributed by atoms with Gasteiger partial charge in [0.1, 0.15) is 0 Å². The van der Waals surface area contributed by atoms with E-state index in [9.17, 15) is 0 Å². The molecule has 0 aromatic rings. The normalized spacial score (nSPS) is 10.6. The number of rotatable bonds is 10. The van der Waals surface area contributed by atoms with E-state index in [0.29, 0.717) is 19.8 Å². The molecule has 13 heavy (non-hydrogen) atoms. The summed E-state index contributed by atoms with van der Waals surface area (Å²) in [4.78, 5) is 0. The third-order valence-electron chi connectivity index (χ3n) is 1.55. The lowest BCUT2D eigenvalue weighted by Crippen LogP contribution is -2.05. The summed E-state index contributed by atoms with van der Waals surface area (Å²) in [5.41, 5.74) is 0. The minimum Gasteiger partial charge on any atom is -0.382 e. The molecule has 0 unspecified atom stereocenters. The summed E-state index contributed by atoms with van der Waals surface area (Å²) in [7, 11) is 0. The lowest BCUT2D eigenvalue weighted by atomic mass is 10.3. The highest BCUT2D eigenvalue weighted by Gasteiger charge is 1.90. The van der Waals surface area contributed by atoms with Gasteiger partial charge in [-0.3, -0.25) is 0 Å². The molecule has 0 N–H and O–H groups in total. The van der Waals surface area contributed by atoms with Crippen molar-refractivity contribution in [2.24, 2.45) is 0 Å². The van der Waals surface area contributed by atoms with Crippen molar-refractivity contribution in [1.82, 2.24) is 0 Å². The second-order valence-corrected chi connectivity index (χ2v) is 2.63. The number of hydrogen-bond acceptors (Lipinski definition) is 3. The molecule has 79 valence electrons. The van der Waals surface area contributed by atoms with Crippen molar-refractivity contribution < 1.29 is 14.2 Å². The van der Waals surface area contributed by atoms with Crippen LogP contribution in [0.2, 0.25) is 0 Å². The fourth-order valence-corrected chi connectivity index (χ4v) is 0.875. The van der Waals surface area contributed by atoms with Crippen molar-refractivity contribution in [3.8, 4) is 0 Å². The van der Waals surface area contributed by atoms with Crippen molar-refractivity contribution in [3.63, 3.8) is 0 Å². The van der Waals surface area contributed by atoms with Gasteiger partial charge in [-0.05, 0) is 26.7 Å². The van der Waals surface area contributed by atoms with Gasteiger partial charge in [0.05, 0.1) is 13.2 Å². The van der Waals surface area contributed by atoms with E-state index in [1.54, 1.807) is 0 Å². The SMILES string of the molecule is [CH2]COCCOCCCCOCC. The first kappa shape index (κ1) is 12.9. The Hall–Kier alpha value is -0.120. The molecule has 0 aliphatic heterocycles. The summed E-state index contributed by atoms with van der Waals surface area (Å²) in [5.74, 6) is 0. The van der Waals surface area contributed by atoms with E-state index in [1.807, 2.05) is 6.92 Å². The van der Waals surface area contributed by atoms with Gasteiger partial charge in [0.15, 0.2) is 0 Å². The quantitative estimate of drug-likeness (QED) is 0.489. The zero-order chi connectivity index (χ0) is 9.78. The fourth-order valence-electron chi connectivity index (χ4n) is 0.875. The minimum atomic E-state index is 0.522. The van der Waals surface area contributed by atoms with Gasteiger partial charge in [0, 0.05) is 26.4 Å². The first-order valence-electron chi connectivity index (χ1n) is 4.94. The third kappa shape index (κ3) is 11.9. The molecule has 0 atom stereocenters. The number of hydrogen-bond donors (Lipinski definition) is 0. The van der Waals surface area contributed by atoms with Gasteiger partial charge < -0.3 is 14.2 Å². The Balaban J connectivity index is 2.76. The summed E-state index contributed by atoms with van der Waals surface area (Å²) < 4.78 is 15.5. The molecule has 0 aliphatic rings. The molecule has 0 amide bonds. The zero-order valence-electron chi connectivity index (χ0n) is 8.59. The van der Waals surface area contributed by atoms with Gasteiger partial charge in [0.2, 0.25) is 0 Å². The first-order chi connectivity index (χ1) is 6.41. The van der Waals surface area contributed by atoms with Gasteiger partial charge in [0.25, 0.3) is 0 Å². The van der Waals surface area contributed by atoms with Gasteiger partial charge in [-0.2, -0.15) is 0 Å².